The molecule has 0 aromatic heterocycles. The van der Waals surface area contributed by atoms with Gasteiger partial charge in [-0.15, -0.1) is 0 Å². The van der Waals surface area contributed by atoms with Gasteiger partial charge in [-0.3, -0.25) is 4.90 Å². The molecule has 0 radical (unpaired) electrons. The maximum atomic E-state index is 10.2. The number of nitrogens with zero attached hydrogens (tertiary/aromatic N) is 1. The van der Waals surface area contributed by atoms with Crippen LogP contribution in [-0.2, 0) is 0 Å². The van der Waals surface area contributed by atoms with E-state index >= 15 is 0 Å². The fourth-order valence-corrected chi connectivity index (χ4v) is 3.87. The molecule has 1 heterocycles. The van der Waals surface area contributed by atoms with E-state index in [0.29, 0.717) is 24.4 Å². The molecule has 1 saturated heterocycles. The van der Waals surface area contributed by atoms with Gasteiger partial charge in [-0.05, 0) is 44.4 Å². The molecule has 20 heavy (non-hydrogen) atoms. The quantitative estimate of drug-likeness (QED) is 0.876. The average molecular weight is 341 g/mol. The molecule has 1 aromatic carbocycles. The van der Waals surface area contributed by atoms with Crippen molar-refractivity contribution in [3.05, 3.63) is 28.2 Å². The van der Waals surface area contributed by atoms with Gasteiger partial charge in [-0.2, -0.15) is 0 Å². The van der Waals surface area contributed by atoms with Crippen molar-refractivity contribution in [3.63, 3.8) is 0 Å². The lowest BCUT2D eigenvalue weighted by Crippen LogP contribution is -2.50. The summed E-state index contributed by atoms with van der Waals surface area (Å²) in [5, 5.41) is 10.2. The molecule has 0 aliphatic carbocycles. The van der Waals surface area contributed by atoms with Gasteiger partial charge in [0, 0.05) is 34.7 Å². The zero-order valence-electron chi connectivity index (χ0n) is 12.3. The summed E-state index contributed by atoms with van der Waals surface area (Å²) in [6.07, 6.45) is 4.60. The van der Waals surface area contributed by atoms with Crippen molar-refractivity contribution in [1.29, 1.82) is 0 Å². The number of hydrogen-bond donors (Lipinski definition) is 2. The number of benzene rings is 1. The highest BCUT2D eigenvalue weighted by atomic mass is 79.9. The maximum Gasteiger partial charge on any atom is 0.120 e. The van der Waals surface area contributed by atoms with Crippen LogP contribution in [0.1, 0.15) is 51.1 Å². The van der Waals surface area contributed by atoms with Crippen LogP contribution in [0.15, 0.2) is 22.7 Å². The summed E-state index contributed by atoms with van der Waals surface area (Å²) in [5.41, 5.74) is 6.99. The van der Waals surface area contributed by atoms with Crippen LogP contribution in [0.3, 0.4) is 0 Å². The molecule has 3 atom stereocenters. The minimum Gasteiger partial charge on any atom is -0.508 e. The third-order valence-corrected chi connectivity index (χ3v) is 4.95. The van der Waals surface area contributed by atoms with E-state index in [-0.39, 0.29) is 6.04 Å². The second-order valence-electron chi connectivity index (χ2n) is 5.74. The Balaban J connectivity index is 2.36. The summed E-state index contributed by atoms with van der Waals surface area (Å²) in [4.78, 5) is 2.52. The van der Waals surface area contributed by atoms with E-state index < -0.39 is 0 Å². The lowest BCUT2D eigenvalue weighted by atomic mass is 9.90. The molecule has 1 fully saturated rings. The van der Waals surface area contributed by atoms with E-state index in [2.05, 4.69) is 34.7 Å². The smallest absolute Gasteiger partial charge is 0.120 e. The first-order valence-corrected chi connectivity index (χ1v) is 8.33. The van der Waals surface area contributed by atoms with Crippen molar-refractivity contribution < 1.29 is 5.11 Å². The van der Waals surface area contributed by atoms with E-state index in [1.807, 2.05) is 12.1 Å². The lowest BCUT2D eigenvalue weighted by molar-refractivity contribution is 0.0462. The first-order valence-electron chi connectivity index (χ1n) is 7.54. The molecule has 1 aromatic rings. The van der Waals surface area contributed by atoms with E-state index in [9.17, 15) is 5.11 Å². The standard InChI is InChI=1S/C16H25BrN2O/c1-3-15(14-9-12(17)7-8-16(14)20)19-11(2)5-4-6-13(19)10-18/h7-9,11,13,15,20H,3-6,10,18H2,1-2H3. The summed E-state index contributed by atoms with van der Waals surface area (Å²) in [6, 6.07) is 6.86. The number of aromatic hydroxyl groups is 1. The Bertz CT molecular complexity index is 452. The Morgan fingerprint density at radius 3 is 2.85 bits per heavy atom. The van der Waals surface area contributed by atoms with Gasteiger partial charge in [0.15, 0.2) is 0 Å². The van der Waals surface area contributed by atoms with Crippen LogP contribution in [0.5, 0.6) is 5.75 Å². The summed E-state index contributed by atoms with van der Waals surface area (Å²) in [7, 11) is 0. The molecule has 2 rings (SSSR count). The maximum absolute atomic E-state index is 10.2. The Morgan fingerprint density at radius 2 is 2.20 bits per heavy atom. The highest BCUT2D eigenvalue weighted by molar-refractivity contribution is 9.10. The van der Waals surface area contributed by atoms with Crippen molar-refractivity contribution in [2.24, 2.45) is 5.73 Å². The number of nitrogens with two attached hydrogens (primary N) is 1. The van der Waals surface area contributed by atoms with Gasteiger partial charge in [0.25, 0.3) is 0 Å². The number of rotatable bonds is 4. The third kappa shape index (κ3) is 3.18. The Morgan fingerprint density at radius 1 is 1.45 bits per heavy atom. The minimum absolute atomic E-state index is 0.233. The third-order valence-electron chi connectivity index (χ3n) is 4.46. The Kier molecular flexibility index (Phi) is 5.47. The lowest BCUT2D eigenvalue weighted by Gasteiger charge is -2.45. The summed E-state index contributed by atoms with van der Waals surface area (Å²) in [5.74, 6) is 0.383. The monoisotopic (exact) mass is 340 g/mol. The van der Waals surface area contributed by atoms with Gasteiger partial charge in [0.05, 0.1) is 0 Å². The van der Waals surface area contributed by atoms with Crippen molar-refractivity contribution in [3.8, 4) is 5.75 Å². The van der Waals surface area contributed by atoms with E-state index in [4.69, 9.17) is 5.73 Å². The van der Waals surface area contributed by atoms with E-state index in [1.165, 1.54) is 12.8 Å². The van der Waals surface area contributed by atoms with E-state index in [0.717, 1.165) is 22.9 Å². The molecule has 0 spiro atoms. The number of piperidine rings is 1. The first kappa shape index (κ1) is 15.8. The highest BCUT2D eigenvalue weighted by Gasteiger charge is 2.33. The molecular weight excluding hydrogens is 316 g/mol. The van der Waals surface area contributed by atoms with Crippen molar-refractivity contribution in [2.75, 3.05) is 6.54 Å². The van der Waals surface area contributed by atoms with Crippen molar-refractivity contribution >= 4 is 15.9 Å². The number of hydrogen-bond acceptors (Lipinski definition) is 3. The average Bonchev–Trinajstić information content (AvgIpc) is 2.44. The fraction of sp³-hybridized carbons (Fsp3) is 0.625. The molecule has 3 nitrogen and oxygen atoms in total. The number of halogens is 1. The van der Waals surface area contributed by atoms with Crippen molar-refractivity contribution in [2.45, 2.75) is 57.7 Å². The zero-order valence-corrected chi connectivity index (χ0v) is 13.9. The SMILES string of the molecule is CCC(c1cc(Br)ccc1O)N1C(C)CCCC1CN. The molecule has 4 heteroatoms. The number of phenolic OH excluding ortho intramolecular Hbond substituents is 1. The van der Waals surface area contributed by atoms with Gasteiger partial charge in [0.1, 0.15) is 5.75 Å². The normalized spacial score (nSPS) is 25.6. The van der Waals surface area contributed by atoms with Gasteiger partial charge in [-0.1, -0.05) is 29.3 Å². The second kappa shape index (κ2) is 6.92. The molecule has 1 aliphatic heterocycles. The Labute approximate surface area is 130 Å². The zero-order chi connectivity index (χ0) is 14.7. The van der Waals surface area contributed by atoms with Crippen LogP contribution in [0, 0.1) is 0 Å². The number of likely N-dealkylation sites (tertiary alicyclic amines) is 1. The van der Waals surface area contributed by atoms with Gasteiger partial charge in [0.2, 0.25) is 0 Å². The molecule has 112 valence electrons. The molecule has 1 aliphatic rings. The predicted octanol–water partition coefficient (Wildman–Crippen LogP) is 3.81. The topological polar surface area (TPSA) is 49.5 Å². The molecular formula is C16H25BrN2O. The molecule has 3 unspecified atom stereocenters. The van der Waals surface area contributed by atoms with Crippen LogP contribution in [0.25, 0.3) is 0 Å². The first-order chi connectivity index (χ1) is 9.58. The van der Waals surface area contributed by atoms with Crippen LogP contribution in [-0.4, -0.2) is 28.6 Å². The van der Waals surface area contributed by atoms with Crippen LogP contribution >= 0.6 is 15.9 Å². The largest absolute Gasteiger partial charge is 0.508 e. The Hall–Kier alpha value is -0.580. The highest BCUT2D eigenvalue weighted by Crippen LogP contribution is 2.38. The molecule has 0 bridgehead atoms. The summed E-state index contributed by atoms with van der Waals surface area (Å²) < 4.78 is 1.01. The van der Waals surface area contributed by atoms with Gasteiger partial charge >= 0.3 is 0 Å². The molecule has 0 saturated carbocycles. The molecule has 0 amide bonds. The minimum atomic E-state index is 0.233. The predicted molar refractivity (Wildman–Crippen MR) is 86.8 cm³/mol. The van der Waals surface area contributed by atoms with Crippen molar-refractivity contribution in [1.82, 2.24) is 4.90 Å². The van der Waals surface area contributed by atoms with Crippen LogP contribution < -0.4 is 5.73 Å². The summed E-state index contributed by atoms with van der Waals surface area (Å²) in [6.45, 7) is 5.15. The second-order valence-corrected chi connectivity index (χ2v) is 6.66. The van der Waals surface area contributed by atoms with E-state index in [1.54, 1.807) is 6.07 Å². The van der Waals surface area contributed by atoms with Crippen LogP contribution in [0.4, 0.5) is 0 Å². The van der Waals surface area contributed by atoms with Crippen LogP contribution in [0.2, 0.25) is 0 Å². The summed E-state index contributed by atoms with van der Waals surface area (Å²) >= 11 is 3.51. The number of phenols is 1. The fourth-order valence-electron chi connectivity index (χ4n) is 3.49. The van der Waals surface area contributed by atoms with Gasteiger partial charge in [-0.25, -0.2) is 0 Å². The van der Waals surface area contributed by atoms with Gasteiger partial charge < -0.3 is 10.8 Å². The molecule has 3 N–H and O–H groups in total.